The molecule has 5 nitrogen and oxygen atoms in total. The molecule has 33 heavy (non-hydrogen) atoms. The number of nitrogens with one attached hydrogen (secondary N) is 1. The monoisotopic (exact) mass is 447 g/mol. The van der Waals surface area contributed by atoms with Gasteiger partial charge in [0.25, 0.3) is 5.91 Å². The maximum Gasteiger partial charge on any atom is 0.255 e. The van der Waals surface area contributed by atoms with E-state index in [1.807, 2.05) is 53.4 Å². The second-order valence-corrected chi connectivity index (χ2v) is 9.63. The summed E-state index contributed by atoms with van der Waals surface area (Å²) in [6.07, 6.45) is 4.74. The van der Waals surface area contributed by atoms with Gasteiger partial charge in [0.05, 0.1) is 11.5 Å². The standard InChI is InChI=1S/C28H37N3O2/c1-3-24(22-9-5-4-6-10-22)27(32)29-23-15-19-30(20-16-23)26-12-8-7-11-25(26)28(33)31-17-13-21(2)14-18-31/h4-12,21,23-24H,3,13-20H2,1-2H3,(H,29,32). The van der Waals surface area contributed by atoms with Gasteiger partial charge in [-0.05, 0) is 55.7 Å². The van der Waals surface area contributed by atoms with Gasteiger partial charge in [-0.3, -0.25) is 9.59 Å². The lowest BCUT2D eigenvalue weighted by Crippen LogP contribution is -2.46. The minimum absolute atomic E-state index is 0.102. The summed E-state index contributed by atoms with van der Waals surface area (Å²) in [4.78, 5) is 30.6. The average Bonchev–Trinajstić information content (AvgIpc) is 2.86. The molecule has 5 heteroatoms. The molecule has 0 saturated carbocycles. The molecule has 2 heterocycles. The van der Waals surface area contributed by atoms with Crippen LogP contribution in [0.1, 0.15) is 67.8 Å². The van der Waals surface area contributed by atoms with E-state index in [0.717, 1.165) is 75.1 Å². The first-order valence-electron chi connectivity index (χ1n) is 12.6. The fraction of sp³-hybridized carbons (Fsp3) is 0.500. The third-order valence-electron chi connectivity index (χ3n) is 7.31. The molecule has 2 aliphatic heterocycles. The van der Waals surface area contributed by atoms with E-state index in [-0.39, 0.29) is 23.8 Å². The van der Waals surface area contributed by atoms with Crippen molar-refractivity contribution >= 4 is 17.5 Å². The molecule has 0 radical (unpaired) electrons. The fourth-order valence-electron chi connectivity index (χ4n) is 5.14. The number of hydrogen-bond acceptors (Lipinski definition) is 3. The number of hydrogen-bond donors (Lipinski definition) is 1. The molecule has 2 aromatic carbocycles. The van der Waals surface area contributed by atoms with Crippen molar-refractivity contribution in [3.8, 4) is 0 Å². The normalized spacial score (nSPS) is 18.7. The van der Waals surface area contributed by atoms with E-state index < -0.39 is 0 Å². The van der Waals surface area contributed by atoms with Crippen molar-refractivity contribution in [3.05, 3.63) is 65.7 Å². The van der Waals surface area contributed by atoms with Crippen molar-refractivity contribution in [1.82, 2.24) is 10.2 Å². The van der Waals surface area contributed by atoms with Crippen LogP contribution in [-0.4, -0.2) is 48.9 Å². The van der Waals surface area contributed by atoms with Crippen LogP contribution in [0.5, 0.6) is 0 Å². The van der Waals surface area contributed by atoms with E-state index in [1.54, 1.807) is 0 Å². The van der Waals surface area contributed by atoms with Gasteiger partial charge in [0.2, 0.25) is 5.91 Å². The predicted molar refractivity (Wildman–Crippen MR) is 134 cm³/mol. The zero-order valence-corrected chi connectivity index (χ0v) is 20.0. The number of rotatable bonds is 6. The molecule has 2 aliphatic rings. The number of likely N-dealkylation sites (tertiary alicyclic amines) is 1. The molecule has 1 N–H and O–H groups in total. The summed E-state index contributed by atoms with van der Waals surface area (Å²) in [5.74, 6) is 0.876. The highest BCUT2D eigenvalue weighted by Gasteiger charge is 2.28. The highest BCUT2D eigenvalue weighted by Crippen LogP contribution is 2.28. The van der Waals surface area contributed by atoms with Crippen LogP contribution in [0.4, 0.5) is 5.69 Å². The second-order valence-electron chi connectivity index (χ2n) is 9.63. The number of piperidine rings is 2. The first kappa shape index (κ1) is 23.3. The van der Waals surface area contributed by atoms with Gasteiger partial charge in [-0.1, -0.05) is 56.3 Å². The van der Waals surface area contributed by atoms with Crippen LogP contribution in [-0.2, 0) is 4.79 Å². The van der Waals surface area contributed by atoms with E-state index in [1.165, 1.54) is 0 Å². The molecule has 1 atom stereocenters. The Bertz CT molecular complexity index is 929. The molecule has 4 rings (SSSR count). The number of anilines is 1. The smallest absolute Gasteiger partial charge is 0.255 e. The van der Waals surface area contributed by atoms with E-state index in [4.69, 9.17) is 0 Å². The molecule has 2 aromatic rings. The Kier molecular flexibility index (Phi) is 7.69. The second kappa shape index (κ2) is 10.9. The zero-order valence-electron chi connectivity index (χ0n) is 20.0. The lowest BCUT2D eigenvalue weighted by Gasteiger charge is -2.36. The zero-order chi connectivity index (χ0) is 23.2. The Labute approximate surface area is 198 Å². The molecule has 0 aromatic heterocycles. The lowest BCUT2D eigenvalue weighted by atomic mass is 9.94. The third kappa shape index (κ3) is 5.58. The van der Waals surface area contributed by atoms with Crippen LogP contribution < -0.4 is 10.2 Å². The Balaban J connectivity index is 1.36. The summed E-state index contributed by atoms with van der Waals surface area (Å²) >= 11 is 0. The van der Waals surface area contributed by atoms with Crippen LogP contribution in [0.15, 0.2) is 54.6 Å². The first-order valence-corrected chi connectivity index (χ1v) is 12.6. The maximum absolute atomic E-state index is 13.3. The topological polar surface area (TPSA) is 52.7 Å². The molecule has 176 valence electrons. The van der Waals surface area contributed by atoms with E-state index in [0.29, 0.717) is 5.92 Å². The number of nitrogens with zero attached hydrogens (tertiary/aromatic N) is 2. The Hall–Kier alpha value is -2.82. The summed E-state index contributed by atoms with van der Waals surface area (Å²) in [7, 11) is 0. The summed E-state index contributed by atoms with van der Waals surface area (Å²) in [5, 5.41) is 3.29. The lowest BCUT2D eigenvalue weighted by molar-refractivity contribution is -0.123. The van der Waals surface area contributed by atoms with Gasteiger partial charge in [-0.15, -0.1) is 0 Å². The number of para-hydroxylation sites is 1. The first-order chi connectivity index (χ1) is 16.1. The number of benzene rings is 2. The van der Waals surface area contributed by atoms with Gasteiger partial charge in [-0.2, -0.15) is 0 Å². The van der Waals surface area contributed by atoms with Gasteiger partial charge < -0.3 is 15.1 Å². The maximum atomic E-state index is 13.3. The molecule has 2 fully saturated rings. The summed E-state index contributed by atoms with van der Waals surface area (Å²) in [6.45, 7) is 7.71. The van der Waals surface area contributed by atoms with E-state index in [9.17, 15) is 9.59 Å². The van der Waals surface area contributed by atoms with Gasteiger partial charge in [-0.25, -0.2) is 0 Å². The summed E-state index contributed by atoms with van der Waals surface area (Å²) < 4.78 is 0. The van der Waals surface area contributed by atoms with Crippen molar-refractivity contribution in [2.24, 2.45) is 5.92 Å². The summed E-state index contributed by atoms with van der Waals surface area (Å²) in [6, 6.07) is 18.2. The predicted octanol–water partition coefficient (Wildman–Crippen LogP) is 4.84. The Morgan fingerprint density at radius 1 is 0.909 bits per heavy atom. The van der Waals surface area contributed by atoms with Crippen LogP contribution in [0.25, 0.3) is 0 Å². The highest BCUT2D eigenvalue weighted by atomic mass is 16.2. The minimum Gasteiger partial charge on any atom is -0.371 e. The largest absolute Gasteiger partial charge is 0.371 e. The average molecular weight is 448 g/mol. The van der Waals surface area contributed by atoms with Crippen molar-refractivity contribution in [2.45, 2.75) is 57.9 Å². The molecule has 0 aliphatic carbocycles. The third-order valence-corrected chi connectivity index (χ3v) is 7.31. The summed E-state index contributed by atoms with van der Waals surface area (Å²) in [5.41, 5.74) is 2.92. The quantitative estimate of drug-likeness (QED) is 0.690. The highest BCUT2D eigenvalue weighted by molar-refractivity contribution is 6.00. The number of carbonyl (C=O) groups excluding carboxylic acids is 2. The number of amides is 2. The Morgan fingerprint density at radius 2 is 1.55 bits per heavy atom. The van der Waals surface area contributed by atoms with Crippen LogP contribution >= 0.6 is 0 Å². The van der Waals surface area contributed by atoms with Crippen LogP contribution in [0.2, 0.25) is 0 Å². The van der Waals surface area contributed by atoms with Crippen molar-refractivity contribution in [1.29, 1.82) is 0 Å². The molecule has 0 spiro atoms. The van der Waals surface area contributed by atoms with Crippen molar-refractivity contribution in [3.63, 3.8) is 0 Å². The minimum atomic E-state index is -0.102. The van der Waals surface area contributed by atoms with Crippen LogP contribution in [0, 0.1) is 5.92 Å². The van der Waals surface area contributed by atoms with Crippen LogP contribution in [0.3, 0.4) is 0 Å². The number of carbonyl (C=O) groups is 2. The molecular weight excluding hydrogens is 410 g/mol. The van der Waals surface area contributed by atoms with Gasteiger partial charge in [0, 0.05) is 37.9 Å². The SMILES string of the molecule is CCC(C(=O)NC1CCN(c2ccccc2C(=O)N2CCC(C)CC2)CC1)c1ccccc1. The van der Waals surface area contributed by atoms with Crippen molar-refractivity contribution < 1.29 is 9.59 Å². The fourth-order valence-corrected chi connectivity index (χ4v) is 5.14. The molecule has 1 unspecified atom stereocenters. The molecule has 2 saturated heterocycles. The van der Waals surface area contributed by atoms with Crippen molar-refractivity contribution in [2.75, 3.05) is 31.1 Å². The molecule has 0 bridgehead atoms. The molecular formula is C28H37N3O2. The van der Waals surface area contributed by atoms with Gasteiger partial charge >= 0.3 is 0 Å². The Morgan fingerprint density at radius 3 is 2.21 bits per heavy atom. The van der Waals surface area contributed by atoms with Gasteiger partial charge in [0.15, 0.2) is 0 Å². The van der Waals surface area contributed by atoms with E-state index >= 15 is 0 Å². The van der Waals surface area contributed by atoms with E-state index in [2.05, 4.69) is 30.1 Å². The van der Waals surface area contributed by atoms with Gasteiger partial charge in [0.1, 0.15) is 0 Å². The molecule has 2 amide bonds.